The molecule has 3 fully saturated rings. The van der Waals surface area contributed by atoms with E-state index >= 15 is 0 Å². The molecular weight excluding hydrogens is 915 g/mol. The number of hydrogen-bond acceptors (Lipinski definition) is 17. The van der Waals surface area contributed by atoms with E-state index in [0.29, 0.717) is 29.1 Å². The normalized spacial score (nSPS) is 34.0. The molecule has 4 aromatic rings. The van der Waals surface area contributed by atoms with Crippen LogP contribution in [0.1, 0.15) is 72.9 Å². The molecule has 3 N–H and O–H groups in total. The van der Waals surface area contributed by atoms with Gasteiger partial charge in [0.05, 0.1) is 31.0 Å². The smallest absolute Gasteiger partial charge is 0.386 e. The summed E-state index contributed by atoms with van der Waals surface area (Å²) in [4.78, 5) is 34.2. The Kier molecular flexibility index (Phi) is 12.4. The summed E-state index contributed by atoms with van der Waals surface area (Å²) in [7, 11) is -5.27. The number of ether oxygens (including phenoxy) is 3. The summed E-state index contributed by atoms with van der Waals surface area (Å²) >= 11 is 10.4. The zero-order chi connectivity index (χ0) is 44.9. The highest BCUT2D eigenvalue weighted by Gasteiger charge is 2.57. The molecule has 25 heteroatoms. The zero-order valence-electron chi connectivity index (χ0n) is 36.8. The van der Waals surface area contributed by atoms with Crippen LogP contribution in [0, 0.1) is 0 Å². The van der Waals surface area contributed by atoms with Crippen LogP contribution in [0.15, 0.2) is 25.2 Å². The molecule has 2 bridgehead atoms. The summed E-state index contributed by atoms with van der Waals surface area (Å²) in [5, 5.41) is 0.249. The molecule has 0 aliphatic carbocycles. The Labute approximate surface area is 373 Å². The average molecular weight is 973 g/mol. The molecule has 2 unspecified atom stereocenters. The van der Waals surface area contributed by atoms with Crippen LogP contribution in [0.3, 0.4) is 0 Å². The molecule has 0 aromatic carbocycles. The second-order valence-electron chi connectivity index (χ2n) is 19.5. The summed E-state index contributed by atoms with van der Waals surface area (Å²) in [6.07, 6.45) is -0.354. The van der Waals surface area contributed by atoms with E-state index in [1.807, 2.05) is 17.7 Å². The van der Waals surface area contributed by atoms with Gasteiger partial charge in [0.25, 0.3) is 0 Å². The number of thiol groups is 1. The topological polar surface area (TPSA) is 221 Å². The fourth-order valence-electron chi connectivity index (χ4n) is 7.65. The van der Waals surface area contributed by atoms with Crippen LogP contribution >= 0.6 is 25.8 Å². The maximum atomic E-state index is 14.7. The second kappa shape index (κ2) is 16.4. The number of aromatic nitrogens is 7. The molecule has 3 saturated heterocycles. The third kappa shape index (κ3) is 8.87. The Morgan fingerprint density at radius 1 is 0.855 bits per heavy atom. The quantitative estimate of drug-likeness (QED) is 0.0986. The van der Waals surface area contributed by atoms with Gasteiger partial charge in [0.15, 0.2) is 40.6 Å². The van der Waals surface area contributed by atoms with E-state index in [2.05, 4.69) is 99.9 Å². The van der Waals surface area contributed by atoms with Crippen LogP contribution in [0.25, 0.3) is 22.2 Å². The van der Waals surface area contributed by atoms with Crippen molar-refractivity contribution in [3.05, 3.63) is 30.7 Å². The van der Waals surface area contributed by atoms with Crippen molar-refractivity contribution in [2.24, 2.45) is 0 Å². The van der Waals surface area contributed by atoms with E-state index in [1.54, 1.807) is 4.57 Å². The molecule has 4 aromatic heterocycles. The molecule has 4 aliphatic rings. The minimum absolute atomic E-state index is 0.0396. The largest absolute Gasteiger partial charge is 0.474 e. The van der Waals surface area contributed by atoms with Crippen molar-refractivity contribution in [1.82, 2.24) is 34.1 Å². The Hall–Kier alpha value is -1.93. The molecule has 11 atom stereocenters. The Bertz CT molecular complexity index is 2430. The fraction of sp³-hybridized carbons (Fsp3) is 0.703. The maximum Gasteiger partial charge on any atom is 0.386 e. The Morgan fingerprint density at radius 2 is 1.48 bits per heavy atom. The first-order chi connectivity index (χ1) is 28.8. The first-order valence-corrected chi connectivity index (χ1v) is 31.8. The van der Waals surface area contributed by atoms with E-state index in [1.165, 1.54) is 19.0 Å². The summed E-state index contributed by atoms with van der Waals surface area (Å²) in [5.74, 6) is 0.638. The standard InChI is InChI=1S/C37H58N8O11P2S2Si2/c1-20-12-13-21-14-44(31-24(21)33(50-20)42-18-40-31)35-29(56-62(10,11)37(5,6)7)26-22(51-35)15-48-58(47,60)54-28-27(55-61(8,9)36(2,3)4)23(16-49-57(46,59)53-26)52-34(28)45-19-43-25-30(38)39-17-41-32(25)45/h14,17-20,22-23,26-29,34-35H,12-13,15-16H2,1-11H3,(H,46,59)(H,47,60)(H2,38,39,41)/t20-,22+,23+,26+,27+,28+,29+,34+,35+,57?,58?/m0/s1. The number of hydrogen-bond donors (Lipinski definition) is 3. The van der Waals surface area contributed by atoms with Gasteiger partial charge in [0.2, 0.25) is 5.88 Å². The van der Waals surface area contributed by atoms with Crippen molar-refractivity contribution in [3.63, 3.8) is 0 Å². The molecule has 0 amide bonds. The van der Waals surface area contributed by atoms with Crippen LogP contribution < -0.4 is 10.5 Å². The van der Waals surface area contributed by atoms with E-state index in [-0.39, 0.29) is 35.2 Å². The highest BCUT2D eigenvalue weighted by molar-refractivity contribution is 8.44. The SMILES string of the molecule is C[C@H]1CCc2cn([C@@H]3O[C@@H]4COP(=O)(S)O[C@@H]5[C@H](O[Si](C)(C)C(C)(C)C)[C@@H](COP(O)(=S)O[C@H]4[C@H]3O[Si](C)(C)C(C)(C)C)O[C@H]5n3cnc4c(N)ncnc43)c3ncnc(c23)O1. The van der Waals surface area contributed by atoms with Gasteiger partial charge in [-0.2, -0.15) is 0 Å². The van der Waals surface area contributed by atoms with Gasteiger partial charge in [-0.15, -0.1) is 0 Å². The van der Waals surface area contributed by atoms with Crippen molar-refractivity contribution in [2.75, 3.05) is 18.9 Å². The Balaban J connectivity index is 1.20. The zero-order valence-corrected chi connectivity index (χ0v) is 42.3. The van der Waals surface area contributed by atoms with Gasteiger partial charge in [0, 0.05) is 6.20 Å². The van der Waals surface area contributed by atoms with Crippen LogP contribution in [0.5, 0.6) is 5.88 Å². The third-order valence-electron chi connectivity index (χ3n) is 13.1. The molecule has 0 spiro atoms. The lowest BCUT2D eigenvalue weighted by Gasteiger charge is -2.41. The molecule has 8 rings (SSSR count). The predicted molar refractivity (Wildman–Crippen MR) is 242 cm³/mol. The number of nitrogens with zero attached hydrogens (tertiary/aromatic N) is 7. The van der Waals surface area contributed by atoms with Gasteiger partial charge in [-0.3, -0.25) is 18.1 Å². The van der Waals surface area contributed by atoms with E-state index in [4.69, 9.17) is 63.7 Å². The highest BCUT2D eigenvalue weighted by Crippen LogP contribution is 2.60. The molecule has 0 saturated carbocycles. The number of nitrogens with two attached hydrogens (primary N) is 1. The van der Waals surface area contributed by atoms with Crippen LogP contribution in [0.2, 0.25) is 36.3 Å². The molecular formula is C37H58N8O11P2S2Si2. The van der Waals surface area contributed by atoms with Gasteiger partial charge < -0.3 is 42.8 Å². The molecule has 62 heavy (non-hydrogen) atoms. The molecule has 4 aliphatic heterocycles. The number of fused-ring (bicyclic) bond motifs is 4. The van der Waals surface area contributed by atoms with Crippen molar-refractivity contribution in [1.29, 1.82) is 0 Å². The molecule has 342 valence electrons. The number of aryl methyl sites for hydroxylation is 1. The van der Waals surface area contributed by atoms with Gasteiger partial charge in [-0.25, -0.2) is 29.5 Å². The third-order valence-corrected chi connectivity index (χ3v) is 25.2. The number of rotatable bonds is 6. The molecule has 0 radical (unpaired) electrons. The first-order valence-electron chi connectivity index (χ1n) is 20.7. The monoisotopic (exact) mass is 972 g/mol. The van der Waals surface area contributed by atoms with Gasteiger partial charge in [-0.05, 0) is 73.4 Å². The maximum absolute atomic E-state index is 14.7. The predicted octanol–water partition coefficient (Wildman–Crippen LogP) is 7.21. The molecule has 19 nitrogen and oxygen atoms in total. The van der Waals surface area contributed by atoms with Crippen molar-refractivity contribution in [2.45, 2.75) is 153 Å². The average Bonchev–Trinajstić information content (AvgIpc) is 3.89. The van der Waals surface area contributed by atoms with Gasteiger partial charge in [-0.1, -0.05) is 53.8 Å². The minimum atomic E-state index is -4.33. The number of nitrogen functional groups attached to an aromatic ring is 1. The lowest BCUT2D eigenvalue weighted by atomic mass is 10.1. The summed E-state index contributed by atoms with van der Waals surface area (Å²) in [6.45, 7) is 13.8. The summed E-state index contributed by atoms with van der Waals surface area (Å²) in [5.41, 5.74) is 8.37. The van der Waals surface area contributed by atoms with Crippen molar-refractivity contribution < 1.29 is 50.6 Å². The van der Waals surface area contributed by atoms with Crippen LogP contribution in [-0.2, 0) is 59.2 Å². The van der Waals surface area contributed by atoms with Crippen molar-refractivity contribution in [3.8, 4) is 5.88 Å². The highest BCUT2D eigenvalue weighted by atomic mass is 32.7. The van der Waals surface area contributed by atoms with E-state index in [0.717, 1.165) is 17.4 Å². The van der Waals surface area contributed by atoms with Crippen LogP contribution in [-0.4, -0.2) is 112 Å². The van der Waals surface area contributed by atoms with E-state index < -0.39 is 79.2 Å². The number of imidazole rings is 1. The fourth-order valence-corrected chi connectivity index (χ4v) is 13.1. The first kappa shape index (κ1) is 46.6. The van der Waals surface area contributed by atoms with Gasteiger partial charge >= 0.3 is 13.5 Å². The second-order valence-corrected chi connectivity index (χ2v) is 34.7. The van der Waals surface area contributed by atoms with Gasteiger partial charge in [0.1, 0.15) is 60.4 Å². The van der Waals surface area contributed by atoms with E-state index in [9.17, 15) is 9.46 Å². The number of anilines is 1. The minimum Gasteiger partial charge on any atom is -0.474 e. The van der Waals surface area contributed by atoms with Crippen molar-refractivity contribution >= 4 is 82.2 Å². The summed E-state index contributed by atoms with van der Waals surface area (Å²) in [6, 6.07) is 0. The Morgan fingerprint density at radius 3 is 2.18 bits per heavy atom. The summed E-state index contributed by atoms with van der Waals surface area (Å²) < 4.78 is 77.6. The van der Waals surface area contributed by atoms with Crippen LogP contribution in [0.4, 0.5) is 5.82 Å². The molecule has 8 heterocycles. The lowest BCUT2D eigenvalue weighted by molar-refractivity contribution is -0.0585. The lowest BCUT2D eigenvalue weighted by Crippen LogP contribution is -2.50.